The first-order valence-corrected chi connectivity index (χ1v) is 10.3. The maximum atomic E-state index is 10.2. The Bertz CT molecular complexity index is 360. The largest absolute Gasteiger partial charge is 0.396 e. The Balaban J connectivity index is 2.73. The van der Waals surface area contributed by atoms with Crippen molar-refractivity contribution in [2.75, 3.05) is 13.2 Å². The van der Waals surface area contributed by atoms with E-state index >= 15 is 0 Å². The predicted molar refractivity (Wildman–Crippen MR) is 103 cm³/mol. The summed E-state index contributed by atoms with van der Waals surface area (Å²) in [5.74, 6) is 1.85. The number of hydrogen-bond acceptors (Lipinski definition) is 3. The molecule has 0 radical (unpaired) electrons. The van der Waals surface area contributed by atoms with Gasteiger partial charge in [0, 0.05) is 6.61 Å². The monoisotopic (exact) mass is 341 g/mol. The molecule has 1 saturated carbocycles. The molecule has 1 fully saturated rings. The molecule has 1 aliphatic rings. The molecule has 24 heavy (non-hydrogen) atoms. The molecular formula is C21H43NO2. The van der Waals surface area contributed by atoms with Crippen LogP contribution in [0.1, 0.15) is 86.0 Å². The third kappa shape index (κ3) is 4.53. The first kappa shape index (κ1) is 21.9. The molecule has 0 spiro atoms. The van der Waals surface area contributed by atoms with Crippen molar-refractivity contribution in [1.29, 1.82) is 0 Å². The summed E-state index contributed by atoms with van der Waals surface area (Å²) in [4.78, 5) is 0. The van der Waals surface area contributed by atoms with Crippen LogP contribution in [0.25, 0.3) is 0 Å². The lowest BCUT2D eigenvalue weighted by Gasteiger charge is -2.68. The van der Waals surface area contributed by atoms with E-state index in [0.717, 1.165) is 19.4 Å². The van der Waals surface area contributed by atoms with Gasteiger partial charge in [-0.1, -0.05) is 47.0 Å². The normalized spacial score (nSPS) is 35.5. The smallest absolute Gasteiger partial charge is 0.0512 e. The number of unbranched alkanes of at least 4 members (excludes halogenated alkanes) is 1. The number of nitrogens with two attached hydrogens (primary N) is 1. The van der Waals surface area contributed by atoms with Gasteiger partial charge >= 0.3 is 0 Å². The summed E-state index contributed by atoms with van der Waals surface area (Å²) in [7, 11) is 0. The molecule has 3 nitrogen and oxygen atoms in total. The predicted octanol–water partition coefficient (Wildman–Crippen LogP) is 4.35. The highest BCUT2D eigenvalue weighted by molar-refractivity contribution is 5.12. The van der Waals surface area contributed by atoms with Crippen LogP contribution in [0.15, 0.2) is 0 Å². The molecule has 0 heterocycles. The van der Waals surface area contributed by atoms with Crippen molar-refractivity contribution in [2.24, 2.45) is 34.3 Å². The van der Waals surface area contributed by atoms with Crippen LogP contribution in [0.5, 0.6) is 0 Å². The van der Waals surface area contributed by atoms with Crippen LogP contribution in [-0.2, 0) is 0 Å². The summed E-state index contributed by atoms with van der Waals surface area (Å²) in [6, 6.07) is 0. The average Bonchev–Trinajstić information content (AvgIpc) is 2.56. The Morgan fingerprint density at radius 3 is 2.12 bits per heavy atom. The van der Waals surface area contributed by atoms with Crippen LogP contribution < -0.4 is 5.73 Å². The number of aliphatic hydroxyl groups excluding tert-OH is 2. The molecule has 1 rings (SSSR count). The summed E-state index contributed by atoms with van der Waals surface area (Å²) in [5, 5.41) is 19.9. The lowest BCUT2D eigenvalue weighted by molar-refractivity contribution is -0.221. The van der Waals surface area contributed by atoms with Gasteiger partial charge in [-0.25, -0.2) is 0 Å². The Hall–Kier alpha value is -0.120. The summed E-state index contributed by atoms with van der Waals surface area (Å²) >= 11 is 0. The van der Waals surface area contributed by atoms with E-state index in [1.807, 2.05) is 6.92 Å². The van der Waals surface area contributed by atoms with Crippen molar-refractivity contribution < 1.29 is 10.2 Å². The molecule has 3 heteroatoms. The Morgan fingerprint density at radius 2 is 1.62 bits per heavy atom. The van der Waals surface area contributed by atoms with E-state index in [1.54, 1.807) is 0 Å². The number of aliphatic hydroxyl groups is 2. The maximum absolute atomic E-state index is 10.2. The van der Waals surface area contributed by atoms with Crippen LogP contribution in [-0.4, -0.2) is 29.5 Å². The first-order chi connectivity index (χ1) is 11.3. The molecule has 0 saturated heterocycles. The SMILES string of the molecule is CCC[C@H]1[C@@H](CC[C@H](C)O)C(C)(CO)[C@]1(C)CCCC[C@H](C)CN. The maximum Gasteiger partial charge on any atom is 0.0512 e. The summed E-state index contributed by atoms with van der Waals surface area (Å²) in [5.41, 5.74) is 5.96. The van der Waals surface area contributed by atoms with Crippen molar-refractivity contribution in [3.05, 3.63) is 0 Å². The van der Waals surface area contributed by atoms with Crippen LogP contribution in [0.4, 0.5) is 0 Å². The lowest BCUT2D eigenvalue weighted by atomic mass is 9.37. The zero-order chi connectivity index (χ0) is 18.4. The van der Waals surface area contributed by atoms with Crippen LogP contribution in [0.2, 0.25) is 0 Å². The molecule has 144 valence electrons. The zero-order valence-corrected chi connectivity index (χ0v) is 16.9. The van der Waals surface area contributed by atoms with Gasteiger partial charge in [-0.2, -0.15) is 0 Å². The van der Waals surface area contributed by atoms with Gasteiger partial charge in [0.05, 0.1) is 6.10 Å². The molecule has 0 aromatic heterocycles. The second kappa shape index (κ2) is 9.54. The minimum atomic E-state index is -0.236. The van der Waals surface area contributed by atoms with Gasteiger partial charge in [-0.3, -0.25) is 0 Å². The average molecular weight is 342 g/mol. The molecule has 1 unspecified atom stereocenters. The summed E-state index contributed by atoms with van der Waals surface area (Å²) in [6.45, 7) is 12.1. The van der Waals surface area contributed by atoms with Crippen LogP contribution in [0, 0.1) is 28.6 Å². The van der Waals surface area contributed by atoms with Gasteiger partial charge in [0.2, 0.25) is 0 Å². The Kier molecular flexibility index (Phi) is 8.72. The molecular weight excluding hydrogens is 298 g/mol. The van der Waals surface area contributed by atoms with Gasteiger partial charge in [0.15, 0.2) is 0 Å². The zero-order valence-electron chi connectivity index (χ0n) is 16.9. The lowest BCUT2D eigenvalue weighted by Crippen LogP contribution is -2.64. The van der Waals surface area contributed by atoms with E-state index in [-0.39, 0.29) is 23.5 Å². The van der Waals surface area contributed by atoms with Crippen LogP contribution >= 0.6 is 0 Å². The van der Waals surface area contributed by atoms with E-state index < -0.39 is 0 Å². The molecule has 4 N–H and O–H groups in total. The van der Waals surface area contributed by atoms with E-state index in [4.69, 9.17) is 5.73 Å². The van der Waals surface area contributed by atoms with Crippen molar-refractivity contribution in [3.8, 4) is 0 Å². The second-order valence-electron chi connectivity index (χ2n) is 9.01. The van der Waals surface area contributed by atoms with Crippen molar-refractivity contribution in [2.45, 2.75) is 92.1 Å². The highest BCUT2D eigenvalue weighted by Crippen LogP contribution is 2.69. The molecule has 6 atom stereocenters. The Morgan fingerprint density at radius 1 is 1.00 bits per heavy atom. The van der Waals surface area contributed by atoms with Crippen molar-refractivity contribution in [3.63, 3.8) is 0 Å². The molecule has 0 aliphatic heterocycles. The fraction of sp³-hybridized carbons (Fsp3) is 1.00. The molecule has 0 aromatic carbocycles. The fourth-order valence-electron chi connectivity index (χ4n) is 5.28. The van der Waals surface area contributed by atoms with E-state index in [9.17, 15) is 10.2 Å². The van der Waals surface area contributed by atoms with Gasteiger partial charge < -0.3 is 15.9 Å². The van der Waals surface area contributed by atoms with Crippen LogP contribution in [0.3, 0.4) is 0 Å². The third-order valence-electron chi connectivity index (χ3n) is 7.30. The minimum Gasteiger partial charge on any atom is -0.396 e. The van der Waals surface area contributed by atoms with E-state index in [1.165, 1.54) is 38.5 Å². The van der Waals surface area contributed by atoms with Crippen molar-refractivity contribution >= 4 is 0 Å². The molecule has 0 aromatic rings. The molecule has 0 amide bonds. The summed E-state index contributed by atoms with van der Waals surface area (Å²) in [6.07, 6.45) is 9.01. The van der Waals surface area contributed by atoms with E-state index in [0.29, 0.717) is 17.8 Å². The number of hydrogen-bond donors (Lipinski definition) is 3. The quantitative estimate of drug-likeness (QED) is 0.462. The van der Waals surface area contributed by atoms with Gasteiger partial charge in [-0.15, -0.1) is 0 Å². The second-order valence-corrected chi connectivity index (χ2v) is 9.01. The first-order valence-electron chi connectivity index (χ1n) is 10.3. The molecule has 1 aliphatic carbocycles. The van der Waals surface area contributed by atoms with Gasteiger partial charge in [0.25, 0.3) is 0 Å². The molecule has 0 bridgehead atoms. The standard InChI is InChI=1S/C21H43NO2/c1-6-9-18-19(12-11-17(3)24)21(5,15-23)20(18,4)13-8-7-10-16(2)14-22/h16-19,23-24H,6-15,22H2,1-5H3/t16-,17-,18-,19+,20+,21?/m0/s1. The third-order valence-corrected chi connectivity index (χ3v) is 7.30. The fourth-order valence-corrected chi connectivity index (χ4v) is 5.28. The summed E-state index contributed by atoms with van der Waals surface area (Å²) < 4.78 is 0. The van der Waals surface area contributed by atoms with Gasteiger partial charge in [0.1, 0.15) is 0 Å². The highest BCUT2D eigenvalue weighted by atomic mass is 16.3. The number of rotatable bonds is 12. The van der Waals surface area contributed by atoms with E-state index in [2.05, 4.69) is 27.7 Å². The Labute approximate surface area is 150 Å². The topological polar surface area (TPSA) is 66.5 Å². The van der Waals surface area contributed by atoms with Crippen molar-refractivity contribution in [1.82, 2.24) is 0 Å². The minimum absolute atomic E-state index is 0.00120. The van der Waals surface area contributed by atoms with Gasteiger partial charge in [-0.05, 0) is 74.2 Å². The highest BCUT2D eigenvalue weighted by Gasteiger charge is 2.64.